The van der Waals surface area contributed by atoms with Crippen LogP contribution in [0.2, 0.25) is 10.0 Å². The number of amides is 1. The van der Waals surface area contributed by atoms with Gasteiger partial charge in [-0.25, -0.2) is 4.79 Å². The summed E-state index contributed by atoms with van der Waals surface area (Å²) in [6, 6.07) is 5.89. The summed E-state index contributed by atoms with van der Waals surface area (Å²) in [7, 11) is 0. The molecule has 1 aromatic heterocycles. The summed E-state index contributed by atoms with van der Waals surface area (Å²) in [6.07, 6.45) is 3.11. The normalized spacial score (nSPS) is 14.2. The van der Waals surface area contributed by atoms with Crippen LogP contribution in [0.1, 0.15) is 22.3 Å². The zero-order valence-electron chi connectivity index (χ0n) is 14.7. The van der Waals surface area contributed by atoms with Gasteiger partial charge in [-0.05, 0) is 40.3 Å². The van der Waals surface area contributed by atoms with Crippen LogP contribution in [0.15, 0.2) is 45.9 Å². The average Bonchev–Trinajstić information content (AvgIpc) is 2.67. The van der Waals surface area contributed by atoms with Crippen molar-refractivity contribution in [2.45, 2.75) is 18.9 Å². The molecule has 150 valence electrons. The number of allylic oxidation sites excluding steroid dienone is 2. The van der Waals surface area contributed by atoms with Gasteiger partial charge in [0, 0.05) is 30.2 Å². The van der Waals surface area contributed by atoms with E-state index in [1.54, 1.807) is 24.3 Å². The number of carbonyl (C=O) groups is 3. The maximum absolute atomic E-state index is 12.4. The Kier molecular flexibility index (Phi) is 6.76. The number of carboxylic acids is 1. The number of ketones is 1. The second-order valence-electron chi connectivity index (χ2n) is 6.26. The maximum atomic E-state index is 12.4. The molecule has 29 heavy (non-hydrogen) atoms. The highest BCUT2D eigenvalue weighted by Crippen LogP contribution is 2.28. The summed E-state index contributed by atoms with van der Waals surface area (Å²) in [5.74, 6) is -1.48. The van der Waals surface area contributed by atoms with E-state index >= 15 is 0 Å². The summed E-state index contributed by atoms with van der Waals surface area (Å²) in [5, 5.41) is 15.3. The summed E-state index contributed by atoms with van der Waals surface area (Å²) in [4.78, 5) is 39.1. The molecule has 1 aromatic carbocycles. The lowest BCUT2D eigenvalue weighted by Gasteiger charge is -2.24. The number of benzene rings is 1. The number of rotatable bonds is 7. The standard InChI is InChI=1S/C19H14Cl2IN3O4/c20-11-7-23-8-12(21)16(11)18(27)24-10-3-1-9(2-4-10)5-14(19(28)29)25-13-6-15(26)17(13)22/h1-4,7-8,14,25H,5-6H2,(H,24,27)(H,28,29)/t14-/m0/s1. The van der Waals surface area contributed by atoms with Gasteiger partial charge in [0.15, 0.2) is 5.78 Å². The van der Waals surface area contributed by atoms with Crippen LogP contribution >= 0.6 is 45.8 Å². The van der Waals surface area contributed by atoms with Crippen molar-refractivity contribution in [3.8, 4) is 0 Å². The molecule has 0 saturated carbocycles. The lowest BCUT2D eigenvalue weighted by atomic mass is 10.0. The van der Waals surface area contributed by atoms with E-state index < -0.39 is 17.9 Å². The van der Waals surface area contributed by atoms with Crippen LogP contribution in [-0.2, 0) is 16.0 Å². The molecule has 3 rings (SSSR count). The van der Waals surface area contributed by atoms with Gasteiger partial charge in [-0.2, -0.15) is 0 Å². The van der Waals surface area contributed by atoms with E-state index in [9.17, 15) is 19.5 Å². The number of hydrogen-bond acceptors (Lipinski definition) is 5. The first-order chi connectivity index (χ1) is 13.8. The predicted octanol–water partition coefficient (Wildman–Crippen LogP) is 3.85. The number of carboxylic acid groups (broad SMARTS) is 1. The number of hydrogen-bond donors (Lipinski definition) is 3. The van der Waals surface area contributed by atoms with Crippen LogP contribution in [0, 0.1) is 0 Å². The smallest absolute Gasteiger partial charge is 0.326 e. The topological polar surface area (TPSA) is 108 Å². The van der Waals surface area contributed by atoms with Gasteiger partial charge in [0.2, 0.25) is 0 Å². The monoisotopic (exact) mass is 545 g/mol. The predicted molar refractivity (Wildman–Crippen MR) is 118 cm³/mol. The second-order valence-corrected chi connectivity index (χ2v) is 8.15. The fourth-order valence-electron chi connectivity index (χ4n) is 2.68. The Bertz CT molecular complexity index is 1000. The number of nitrogens with one attached hydrogen (secondary N) is 2. The van der Waals surface area contributed by atoms with Crippen molar-refractivity contribution in [2.24, 2.45) is 0 Å². The van der Waals surface area contributed by atoms with Crippen LogP contribution in [0.4, 0.5) is 5.69 Å². The van der Waals surface area contributed by atoms with Gasteiger partial charge < -0.3 is 15.7 Å². The van der Waals surface area contributed by atoms with Crippen molar-refractivity contribution in [3.05, 3.63) is 67.1 Å². The summed E-state index contributed by atoms with van der Waals surface area (Å²) < 4.78 is 0.542. The minimum absolute atomic E-state index is 0.00624. The quantitative estimate of drug-likeness (QED) is 0.456. The molecule has 1 heterocycles. The molecule has 1 atom stereocenters. The molecular weight excluding hydrogens is 532 g/mol. The molecule has 1 aliphatic carbocycles. The van der Waals surface area contributed by atoms with Crippen molar-refractivity contribution < 1.29 is 19.5 Å². The van der Waals surface area contributed by atoms with Crippen molar-refractivity contribution in [2.75, 3.05) is 5.32 Å². The Morgan fingerprint density at radius 2 is 1.79 bits per heavy atom. The van der Waals surface area contributed by atoms with Crippen LogP contribution in [-0.4, -0.2) is 33.8 Å². The third-order valence-electron chi connectivity index (χ3n) is 4.23. The van der Waals surface area contributed by atoms with Gasteiger partial charge in [-0.15, -0.1) is 0 Å². The summed E-state index contributed by atoms with van der Waals surface area (Å²) in [5.41, 5.74) is 2.03. The molecular formula is C19H14Cl2IN3O4. The van der Waals surface area contributed by atoms with Crippen molar-refractivity contribution in [3.63, 3.8) is 0 Å². The molecule has 0 saturated heterocycles. The summed E-state index contributed by atoms with van der Waals surface area (Å²) >= 11 is 13.9. The van der Waals surface area contributed by atoms with Crippen LogP contribution < -0.4 is 10.6 Å². The number of anilines is 1. The fraction of sp³-hybridized carbons (Fsp3) is 0.158. The molecule has 2 aromatic rings. The molecule has 7 nitrogen and oxygen atoms in total. The molecule has 0 unspecified atom stereocenters. The van der Waals surface area contributed by atoms with Crippen LogP contribution in [0.25, 0.3) is 0 Å². The Morgan fingerprint density at radius 1 is 1.17 bits per heavy atom. The fourth-order valence-corrected chi connectivity index (χ4v) is 3.76. The lowest BCUT2D eigenvalue weighted by Crippen LogP contribution is -2.41. The van der Waals surface area contributed by atoms with Gasteiger partial charge in [0.25, 0.3) is 5.91 Å². The number of aliphatic carboxylic acids is 1. The molecule has 1 amide bonds. The minimum atomic E-state index is -1.01. The highest BCUT2D eigenvalue weighted by atomic mass is 127. The number of carbonyl (C=O) groups excluding carboxylic acids is 2. The average molecular weight is 546 g/mol. The first kappa shape index (κ1) is 21.5. The van der Waals surface area contributed by atoms with E-state index in [1.165, 1.54) is 12.4 Å². The van der Waals surface area contributed by atoms with Crippen molar-refractivity contribution in [1.29, 1.82) is 0 Å². The van der Waals surface area contributed by atoms with Crippen molar-refractivity contribution >= 4 is 69.1 Å². The van der Waals surface area contributed by atoms with Gasteiger partial charge in [-0.1, -0.05) is 35.3 Å². The number of pyridine rings is 1. The maximum Gasteiger partial charge on any atom is 0.326 e. The van der Waals surface area contributed by atoms with E-state index in [0.717, 1.165) is 5.56 Å². The van der Waals surface area contributed by atoms with E-state index in [2.05, 4.69) is 15.6 Å². The largest absolute Gasteiger partial charge is 0.480 e. The third-order valence-corrected chi connectivity index (χ3v) is 6.05. The number of nitrogens with zero attached hydrogens (tertiary/aromatic N) is 1. The molecule has 1 aliphatic rings. The Labute approximate surface area is 189 Å². The van der Waals surface area contributed by atoms with Gasteiger partial charge in [0.1, 0.15) is 6.04 Å². The molecule has 0 bridgehead atoms. The Hall–Kier alpha value is -2.17. The SMILES string of the molecule is O=C1CC(N[C@@H](Cc2ccc(NC(=O)c3c(Cl)cncc3Cl)cc2)C(=O)O)=C1I. The van der Waals surface area contributed by atoms with E-state index in [4.69, 9.17) is 23.2 Å². The molecule has 0 radical (unpaired) electrons. The Morgan fingerprint density at radius 3 is 2.31 bits per heavy atom. The minimum Gasteiger partial charge on any atom is -0.480 e. The molecule has 0 aliphatic heterocycles. The number of halogens is 3. The first-order valence-corrected chi connectivity index (χ1v) is 10.2. The first-order valence-electron chi connectivity index (χ1n) is 8.36. The lowest BCUT2D eigenvalue weighted by molar-refractivity contribution is -0.139. The zero-order chi connectivity index (χ0) is 21.1. The highest BCUT2D eigenvalue weighted by Gasteiger charge is 2.29. The van der Waals surface area contributed by atoms with Gasteiger partial charge in [0.05, 0.1) is 25.6 Å². The van der Waals surface area contributed by atoms with E-state index in [-0.39, 0.29) is 34.2 Å². The Balaban J connectivity index is 1.67. The van der Waals surface area contributed by atoms with Crippen LogP contribution in [0.5, 0.6) is 0 Å². The molecule has 0 spiro atoms. The molecule has 3 N–H and O–H groups in total. The summed E-state index contributed by atoms with van der Waals surface area (Å²) in [6.45, 7) is 0. The number of aromatic nitrogens is 1. The van der Waals surface area contributed by atoms with Gasteiger partial charge >= 0.3 is 5.97 Å². The van der Waals surface area contributed by atoms with Crippen molar-refractivity contribution in [1.82, 2.24) is 10.3 Å². The molecule has 0 fully saturated rings. The molecule has 10 heteroatoms. The third kappa shape index (κ3) is 5.06. The zero-order valence-corrected chi connectivity index (χ0v) is 18.4. The van der Waals surface area contributed by atoms with E-state index in [1.807, 2.05) is 22.6 Å². The van der Waals surface area contributed by atoms with Gasteiger partial charge in [-0.3, -0.25) is 14.6 Å². The highest BCUT2D eigenvalue weighted by molar-refractivity contribution is 14.1. The van der Waals surface area contributed by atoms with E-state index in [0.29, 0.717) is 15.0 Å². The number of Topliss-reactive ketones (excluding diaryl/α,β-unsaturated/α-hetero) is 1. The second kappa shape index (κ2) is 9.10. The van der Waals surface area contributed by atoms with Crippen LogP contribution in [0.3, 0.4) is 0 Å².